The second kappa shape index (κ2) is 11.3. The van der Waals surface area contributed by atoms with Crippen LogP contribution in [0.2, 0.25) is 0 Å². The number of anilines is 1. The molecule has 0 aliphatic carbocycles. The van der Waals surface area contributed by atoms with Crippen LogP contribution in [0.1, 0.15) is 35.3 Å². The molecule has 5 rings (SSSR count). The van der Waals surface area contributed by atoms with Gasteiger partial charge in [-0.3, -0.25) is 9.69 Å². The van der Waals surface area contributed by atoms with Gasteiger partial charge in [-0.1, -0.05) is 95.9 Å². The normalized spacial score (nSPS) is 16.0. The summed E-state index contributed by atoms with van der Waals surface area (Å²) in [6.07, 6.45) is 0. The summed E-state index contributed by atoms with van der Waals surface area (Å²) < 4.78 is 10.6. The van der Waals surface area contributed by atoms with Gasteiger partial charge in [0.1, 0.15) is 9.81 Å². The highest BCUT2D eigenvalue weighted by Gasteiger charge is 2.46. The van der Waals surface area contributed by atoms with Crippen molar-refractivity contribution in [3.05, 3.63) is 104 Å². The van der Waals surface area contributed by atoms with Crippen molar-refractivity contribution in [3.8, 4) is 11.1 Å². The van der Waals surface area contributed by atoms with Crippen molar-refractivity contribution < 1.29 is 23.9 Å². The lowest BCUT2D eigenvalue weighted by molar-refractivity contribution is -0.138. The first-order chi connectivity index (χ1) is 19.6. The van der Waals surface area contributed by atoms with Gasteiger partial charge in [0.25, 0.3) is 5.91 Å². The fraction of sp³-hybridized carbons (Fsp3) is 0.188. The van der Waals surface area contributed by atoms with Crippen molar-refractivity contribution in [2.24, 2.45) is 0 Å². The molecule has 2 heterocycles. The van der Waals surface area contributed by atoms with Crippen LogP contribution in [0.4, 0.5) is 5.69 Å². The maximum atomic E-state index is 14.5. The molecule has 6 nitrogen and oxygen atoms in total. The summed E-state index contributed by atoms with van der Waals surface area (Å²) in [5, 5.41) is 0. The van der Waals surface area contributed by atoms with Gasteiger partial charge in [-0.2, -0.15) is 0 Å². The molecule has 0 atom stereocenters. The number of ether oxygens (including phenoxy) is 2. The molecule has 0 unspecified atom stereocenters. The third kappa shape index (κ3) is 5.03. The minimum Gasteiger partial charge on any atom is -0.465 e. The molecule has 1 amide bonds. The van der Waals surface area contributed by atoms with E-state index in [4.69, 9.17) is 21.7 Å². The number of methoxy groups -OCH3 is 2. The van der Waals surface area contributed by atoms with Gasteiger partial charge in [0.15, 0.2) is 0 Å². The molecule has 3 aromatic rings. The number of amides is 1. The largest absolute Gasteiger partial charge is 0.465 e. The molecule has 0 spiro atoms. The minimum atomic E-state index is -0.929. The van der Waals surface area contributed by atoms with Crippen LogP contribution in [-0.2, 0) is 19.1 Å². The van der Waals surface area contributed by atoms with Gasteiger partial charge >= 0.3 is 11.9 Å². The number of benzene rings is 3. The lowest BCUT2D eigenvalue weighted by atomic mass is 9.82. The van der Waals surface area contributed by atoms with E-state index in [1.54, 1.807) is 4.90 Å². The quantitative estimate of drug-likeness (QED) is 0.177. The fourth-order valence-corrected chi connectivity index (χ4v) is 7.99. The number of hydrogen-bond acceptors (Lipinski definition) is 8. The summed E-state index contributed by atoms with van der Waals surface area (Å²) in [5.41, 5.74) is 4.53. The highest BCUT2D eigenvalue weighted by molar-refractivity contribution is 8.29. The molecule has 0 bridgehead atoms. The van der Waals surface area contributed by atoms with Gasteiger partial charge in [-0.25, -0.2) is 9.59 Å². The number of aryl methyl sites for hydroxylation is 1. The Morgan fingerprint density at radius 1 is 0.805 bits per heavy atom. The van der Waals surface area contributed by atoms with E-state index in [0.717, 1.165) is 45.8 Å². The lowest BCUT2D eigenvalue weighted by Gasteiger charge is -2.45. The van der Waals surface area contributed by atoms with Crippen molar-refractivity contribution in [2.75, 3.05) is 19.1 Å². The molecule has 41 heavy (non-hydrogen) atoms. The Balaban J connectivity index is 1.69. The van der Waals surface area contributed by atoms with Crippen LogP contribution in [-0.4, -0.2) is 42.5 Å². The van der Waals surface area contributed by atoms with Gasteiger partial charge in [0.2, 0.25) is 0 Å². The first-order valence-corrected chi connectivity index (χ1v) is 14.8. The predicted octanol–water partition coefficient (Wildman–Crippen LogP) is 7.18. The van der Waals surface area contributed by atoms with Crippen LogP contribution in [0.3, 0.4) is 0 Å². The number of fused-ring (bicyclic) bond motifs is 1. The molecule has 208 valence electrons. The zero-order chi connectivity index (χ0) is 29.5. The molecule has 2 aliphatic heterocycles. The van der Waals surface area contributed by atoms with E-state index < -0.39 is 17.5 Å². The van der Waals surface area contributed by atoms with E-state index in [2.05, 4.69) is 0 Å². The summed E-state index contributed by atoms with van der Waals surface area (Å²) in [6, 6.07) is 23.2. The number of carbonyl (C=O) groups excluding carboxylic acids is 3. The predicted molar refractivity (Wildman–Crippen MR) is 170 cm³/mol. The molecule has 0 N–H and O–H groups in total. The highest BCUT2D eigenvalue weighted by atomic mass is 32.2. The maximum Gasteiger partial charge on any atom is 0.346 e. The van der Waals surface area contributed by atoms with Crippen molar-refractivity contribution >= 4 is 69.7 Å². The van der Waals surface area contributed by atoms with Crippen molar-refractivity contribution in [1.82, 2.24) is 0 Å². The lowest BCUT2D eigenvalue weighted by Crippen LogP contribution is -2.56. The first-order valence-electron chi connectivity index (χ1n) is 12.8. The first kappa shape index (κ1) is 28.9. The zero-order valence-electron chi connectivity index (χ0n) is 23.1. The molecule has 3 aromatic carbocycles. The molecular formula is C32H27NO5S3. The Kier molecular flexibility index (Phi) is 7.96. The van der Waals surface area contributed by atoms with Gasteiger partial charge < -0.3 is 9.47 Å². The van der Waals surface area contributed by atoms with E-state index in [9.17, 15) is 14.4 Å². The fourth-order valence-electron chi connectivity index (χ4n) is 4.96. The van der Waals surface area contributed by atoms with Crippen LogP contribution in [0.5, 0.6) is 0 Å². The third-order valence-electron chi connectivity index (χ3n) is 6.99. The van der Waals surface area contributed by atoms with E-state index >= 15 is 0 Å². The van der Waals surface area contributed by atoms with Crippen LogP contribution in [0.25, 0.3) is 16.7 Å². The number of thiocarbonyl (C=S) groups is 1. The second-order valence-corrected chi connectivity index (χ2v) is 12.7. The molecule has 2 aliphatic rings. The Hall–Kier alpha value is -3.66. The Morgan fingerprint density at radius 2 is 1.39 bits per heavy atom. The summed E-state index contributed by atoms with van der Waals surface area (Å²) in [6.45, 7) is 5.80. The minimum absolute atomic E-state index is 0.150. The maximum absolute atomic E-state index is 14.5. The number of esters is 2. The molecule has 0 saturated heterocycles. The van der Waals surface area contributed by atoms with Gasteiger partial charge in [0, 0.05) is 16.7 Å². The van der Waals surface area contributed by atoms with Crippen LogP contribution < -0.4 is 4.90 Å². The smallest absolute Gasteiger partial charge is 0.346 e. The molecule has 0 saturated carbocycles. The summed E-state index contributed by atoms with van der Waals surface area (Å²) in [4.78, 5) is 42.3. The third-order valence-corrected chi connectivity index (χ3v) is 10.3. The summed E-state index contributed by atoms with van der Waals surface area (Å²) >= 11 is 8.40. The molecule has 0 radical (unpaired) electrons. The number of carbonyl (C=O) groups is 3. The molecule has 0 aromatic heterocycles. The summed E-state index contributed by atoms with van der Waals surface area (Å²) in [7, 11) is 2.54. The topological polar surface area (TPSA) is 72.9 Å². The van der Waals surface area contributed by atoms with Crippen molar-refractivity contribution in [3.63, 3.8) is 0 Å². The zero-order valence-corrected chi connectivity index (χ0v) is 25.6. The SMILES string of the molecule is COC(=O)C1=C(C(=O)OC)SC(=C2C(=S)C(C)(C)N(C(=O)c3ccccc3-c3ccccc3)c3ccc(C)cc32)S1. The van der Waals surface area contributed by atoms with Gasteiger partial charge in [-0.05, 0) is 50.1 Å². The summed E-state index contributed by atoms with van der Waals surface area (Å²) in [5.74, 6) is -1.43. The number of hydrogen-bond donors (Lipinski definition) is 0. The monoisotopic (exact) mass is 601 g/mol. The average Bonchev–Trinajstić information content (AvgIpc) is 3.42. The standard InChI is InChI=1S/C32H27NO5S3/c1-18-15-16-23-22(17-18)24(31-40-25(29(35)37-4)26(41-31)30(36)38-5)27(39)32(2,3)33(23)28(34)21-14-10-9-13-20(21)19-11-7-6-8-12-19/h6-17H,1-5H3. The Labute approximate surface area is 252 Å². The van der Waals surface area contributed by atoms with Crippen molar-refractivity contribution in [1.29, 1.82) is 0 Å². The highest BCUT2D eigenvalue weighted by Crippen LogP contribution is 2.56. The number of rotatable bonds is 4. The number of nitrogens with zero attached hydrogens (tertiary/aromatic N) is 1. The van der Waals surface area contributed by atoms with Crippen molar-refractivity contribution in [2.45, 2.75) is 26.3 Å². The Morgan fingerprint density at radius 3 is 2.00 bits per heavy atom. The second-order valence-electron chi connectivity index (χ2n) is 9.97. The average molecular weight is 602 g/mol. The van der Waals surface area contributed by atoms with Crippen LogP contribution in [0, 0.1) is 6.92 Å². The Bertz CT molecular complexity index is 1640. The molecular weight excluding hydrogens is 575 g/mol. The van der Waals surface area contributed by atoms with Crippen LogP contribution in [0.15, 0.2) is 86.8 Å². The van der Waals surface area contributed by atoms with E-state index in [1.807, 2.05) is 93.6 Å². The van der Waals surface area contributed by atoms with E-state index in [-0.39, 0.29) is 15.7 Å². The number of thioether (sulfide) groups is 2. The van der Waals surface area contributed by atoms with Gasteiger partial charge in [-0.15, -0.1) is 0 Å². The van der Waals surface area contributed by atoms with E-state index in [1.165, 1.54) is 14.2 Å². The van der Waals surface area contributed by atoms with Crippen LogP contribution >= 0.6 is 35.7 Å². The molecule has 9 heteroatoms. The van der Waals surface area contributed by atoms with Gasteiger partial charge in [0.05, 0.1) is 34.5 Å². The molecule has 0 fully saturated rings. The van der Waals surface area contributed by atoms with E-state index in [0.29, 0.717) is 25.9 Å².